The summed E-state index contributed by atoms with van der Waals surface area (Å²) in [4.78, 5) is 0. The summed E-state index contributed by atoms with van der Waals surface area (Å²) in [6, 6.07) is 5.56. The first-order valence-corrected chi connectivity index (χ1v) is 5.35. The Bertz CT molecular complexity index is 631. The summed E-state index contributed by atoms with van der Waals surface area (Å²) in [6.45, 7) is 1.69. The van der Waals surface area contributed by atoms with Crippen LogP contribution in [0.15, 0.2) is 35.6 Å². The Morgan fingerprint density at radius 1 is 1.42 bits per heavy atom. The third-order valence-corrected chi connectivity index (χ3v) is 2.41. The molecule has 0 aliphatic heterocycles. The Morgan fingerprint density at radius 2 is 2.21 bits per heavy atom. The Balaban J connectivity index is 2.38. The maximum Gasteiger partial charge on any atom is 0.250 e. The molecule has 0 aliphatic rings. The number of oxime groups is 1. The molecule has 7 heteroatoms. The van der Waals surface area contributed by atoms with E-state index in [-0.39, 0.29) is 17.5 Å². The van der Waals surface area contributed by atoms with Gasteiger partial charge in [0.25, 0.3) is 0 Å². The average molecular weight is 262 g/mol. The molecular weight excluding hydrogens is 251 g/mol. The van der Waals surface area contributed by atoms with Crippen LogP contribution >= 0.6 is 0 Å². The molecule has 0 radical (unpaired) electrons. The van der Waals surface area contributed by atoms with Crippen LogP contribution < -0.4 is 10.5 Å². The second-order valence-corrected chi connectivity index (χ2v) is 3.75. The summed E-state index contributed by atoms with van der Waals surface area (Å²) in [6.07, 6.45) is 1.39. The Labute approximate surface area is 108 Å². The van der Waals surface area contributed by atoms with Gasteiger partial charge in [0.15, 0.2) is 5.84 Å². The summed E-state index contributed by atoms with van der Waals surface area (Å²) in [7, 11) is 0. The number of amidine groups is 1. The van der Waals surface area contributed by atoms with E-state index in [1.807, 2.05) is 0 Å². The highest BCUT2D eigenvalue weighted by molar-refractivity contribution is 5.98. The number of aromatic nitrogens is 2. The van der Waals surface area contributed by atoms with Crippen LogP contribution in [-0.4, -0.2) is 21.2 Å². The molecule has 1 heterocycles. The summed E-state index contributed by atoms with van der Waals surface area (Å²) < 4.78 is 18.5. The number of ether oxygens (including phenoxy) is 1. The molecule has 0 unspecified atom stereocenters. The van der Waals surface area contributed by atoms with E-state index in [1.165, 1.54) is 30.5 Å². The number of hydrogen-bond acceptors (Lipinski definition) is 5. The lowest BCUT2D eigenvalue weighted by atomic mass is 10.2. The fourth-order valence-corrected chi connectivity index (χ4v) is 1.47. The summed E-state index contributed by atoms with van der Waals surface area (Å²) in [5, 5.41) is 19.0. The predicted octanol–water partition coefficient (Wildman–Crippen LogP) is 1.81. The summed E-state index contributed by atoms with van der Waals surface area (Å²) in [5.74, 6) is -0.0216. The van der Waals surface area contributed by atoms with Crippen LogP contribution in [0, 0.1) is 12.7 Å². The van der Waals surface area contributed by atoms with E-state index >= 15 is 0 Å². The van der Waals surface area contributed by atoms with Crippen molar-refractivity contribution < 1.29 is 14.3 Å². The number of rotatable bonds is 3. The van der Waals surface area contributed by atoms with E-state index in [1.54, 1.807) is 6.92 Å². The molecule has 0 saturated carbocycles. The van der Waals surface area contributed by atoms with Crippen LogP contribution in [0.2, 0.25) is 0 Å². The van der Waals surface area contributed by atoms with Gasteiger partial charge >= 0.3 is 0 Å². The lowest BCUT2D eigenvalue weighted by molar-refractivity contribution is 0.318. The molecule has 1 aromatic heterocycles. The second-order valence-electron chi connectivity index (χ2n) is 3.75. The number of hydrogen-bond donors (Lipinski definition) is 2. The Morgan fingerprint density at radius 3 is 2.89 bits per heavy atom. The molecule has 19 heavy (non-hydrogen) atoms. The molecule has 0 aliphatic carbocycles. The van der Waals surface area contributed by atoms with Gasteiger partial charge in [-0.05, 0) is 36.8 Å². The van der Waals surface area contributed by atoms with Gasteiger partial charge in [0.1, 0.15) is 11.6 Å². The predicted molar refractivity (Wildman–Crippen MR) is 65.8 cm³/mol. The van der Waals surface area contributed by atoms with Crippen molar-refractivity contribution in [2.75, 3.05) is 0 Å². The molecule has 1 aromatic carbocycles. The topological polar surface area (TPSA) is 93.6 Å². The van der Waals surface area contributed by atoms with Gasteiger partial charge in [-0.2, -0.15) is 5.10 Å². The van der Waals surface area contributed by atoms with Crippen molar-refractivity contribution in [1.29, 1.82) is 0 Å². The Hall–Kier alpha value is -2.70. The maximum absolute atomic E-state index is 13.0. The largest absolute Gasteiger partial charge is 0.437 e. The molecule has 0 fully saturated rings. The van der Waals surface area contributed by atoms with E-state index in [0.717, 1.165) is 0 Å². The SMILES string of the molecule is Cc1cc(F)ccc1Oc1nnccc1/C(N)=N/O. The number of nitrogens with two attached hydrogens (primary N) is 1. The molecule has 0 atom stereocenters. The van der Waals surface area contributed by atoms with Crippen molar-refractivity contribution in [2.24, 2.45) is 10.9 Å². The lowest BCUT2D eigenvalue weighted by Gasteiger charge is -2.10. The van der Waals surface area contributed by atoms with Crippen LogP contribution in [-0.2, 0) is 0 Å². The second kappa shape index (κ2) is 5.30. The molecule has 98 valence electrons. The quantitative estimate of drug-likeness (QED) is 0.381. The van der Waals surface area contributed by atoms with E-state index in [0.29, 0.717) is 16.9 Å². The molecule has 0 bridgehead atoms. The number of nitrogens with zero attached hydrogens (tertiary/aromatic N) is 3. The first-order chi connectivity index (χ1) is 9.11. The number of aryl methyl sites for hydroxylation is 1. The fourth-order valence-electron chi connectivity index (χ4n) is 1.47. The van der Waals surface area contributed by atoms with E-state index < -0.39 is 0 Å². The highest BCUT2D eigenvalue weighted by Crippen LogP contribution is 2.25. The minimum absolute atomic E-state index is 0.0764. The molecule has 0 spiro atoms. The van der Waals surface area contributed by atoms with E-state index in [9.17, 15) is 4.39 Å². The normalized spacial score (nSPS) is 11.4. The van der Waals surface area contributed by atoms with Gasteiger partial charge in [0.05, 0.1) is 11.8 Å². The first-order valence-electron chi connectivity index (χ1n) is 5.35. The van der Waals surface area contributed by atoms with Gasteiger partial charge in [0, 0.05) is 0 Å². The van der Waals surface area contributed by atoms with E-state index in [2.05, 4.69) is 15.4 Å². The van der Waals surface area contributed by atoms with Crippen molar-refractivity contribution in [3.63, 3.8) is 0 Å². The summed E-state index contributed by atoms with van der Waals surface area (Å²) >= 11 is 0. The van der Waals surface area contributed by atoms with Crippen molar-refractivity contribution in [3.8, 4) is 11.6 Å². The van der Waals surface area contributed by atoms with Crippen LogP contribution in [0.1, 0.15) is 11.1 Å². The zero-order chi connectivity index (χ0) is 13.8. The van der Waals surface area contributed by atoms with Crippen LogP contribution in [0.4, 0.5) is 4.39 Å². The molecule has 2 aromatic rings. The highest BCUT2D eigenvalue weighted by atomic mass is 19.1. The molecule has 3 N–H and O–H groups in total. The zero-order valence-electron chi connectivity index (χ0n) is 10.0. The van der Waals surface area contributed by atoms with Crippen LogP contribution in [0.25, 0.3) is 0 Å². The van der Waals surface area contributed by atoms with Crippen molar-refractivity contribution in [2.45, 2.75) is 6.92 Å². The standard InChI is InChI=1S/C12H11FN4O2/c1-7-6-8(13)2-3-10(7)19-12-9(11(14)17-18)4-5-15-16-12/h2-6,18H,1H3,(H2,14,17). The smallest absolute Gasteiger partial charge is 0.250 e. The summed E-state index contributed by atoms with van der Waals surface area (Å²) in [5.41, 5.74) is 6.39. The third kappa shape index (κ3) is 2.76. The minimum Gasteiger partial charge on any atom is -0.437 e. The minimum atomic E-state index is -0.361. The van der Waals surface area contributed by atoms with Crippen LogP contribution in [0.3, 0.4) is 0 Å². The van der Waals surface area contributed by atoms with Crippen LogP contribution in [0.5, 0.6) is 11.6 Å². The average Bonchev–Trinajstić information content (AvgIpc) is 2.41. The zero-order valence-corrected chi connectivity index (χ0v) is 10.0. The molecule has 0 saturated heterocycles. The van der Waals surface area contributed by atoms with Gasteiger partial charge in [-0.25, -0.2) is 4.39 Å². The molecule has 6 nitrogen and oxygen atoms in total. The van der Waals surface area contributed by atoms with Crippen molar-refractivity contribution >= 4 is 5.84 Å². The van der Waals surface area contributed by atoms with Gasteiger partial charge in [-0.3, -0.25) is 0 Å². The number of benzene rings is 1. The van der Waals surface area contributed by atoms with Crippen molar-refractivity contribution in [3.05, 3.63) is 47.4 Å². The molecule has 0 amide bonds. The first kappa shape index (κ1) is 12.7. The third-order valence-electron chi connectivity index (χ3n) is 2.41. The van der Waals surface area contributed by atoms with Crippen molar-refractivity contribution in [1.82, 2.24) is 10.2 Å². The molecular formula is C12H11FN4O2. The maximum atomic E-state index is 13.0. The van der Waals surface area contributed by atoms with Gasteiger partial charge in [-0.1, -0.05) is 5.16 Å². The highest BCUT2D eigenvalue weighted by Gasteiger charge is 2.12. The Kier molecular flexibility index (Phi) is 3.56. The van der Waals surface area contributed by atoms with E-state index in [4.69, 9.17) is 15.7 Å². The fraction of sp³-hybridized carbons (Fsp3) is 0.0833. The monoisotopic (exact) mass is 262 g/mol. The molecule has 2 rings (SSSR count). The van der Waals surface area contributed by atoms with Gasteiger partial charge in [-0.15, -0.1) is 5.10 Å². The van der Waals surface area contributed by atoms with Gasteiger partial charge < -0.3 is 15.7 Å². The van der Waals surface area contributed by atoms with Gasteiger partial charge in [0.2, 0.25) is 5.88 Å². The number of halogens is 1. The lowest BCUT2D eigenvalue weighted by Crippen LogP contribution is -2.15.